The summed E-state index contributed by atoms with van der Waals surface area (Å²) >= 11 is 0. The molecule has 0 radical (unpaired) electrons. The highest BCUT2D eigenvalue weighted by Gasteiger charge is 2.11. The summed E-state index contributed by atoms with van der Waals surface area (Å²) in [4.78, 5) is 0. The summed E-state index contributed by atoms with van der Waals surface area (Å²) in [7, 11) is 0. The van der Waals surface area contributed by atoms with E-state index in [9.17, 15) is 0 Å². The third kappa shape index (κ3) is 3.15. The number of ether oxygens (including phenoxy) is 1. The maximum absolute atomic E-state index is 6.14. The van der Waals surface area contributed by atoms with Gasteiger partial charge in [-0.2, -0.15) is 0 Å². The van der Waals surface area contributed by atoms with Gasteiger partial charge in [-0.15, -0.1) is 0 Å². The number of nitrogens with two attached hydrogens (primary N) is 1. The molecule has 0 heterocycles. The molecule has 0 aliphatic carbocycles. The molecule has 0 saturated heterocycles. The molecule has 0 aromatic heterocycles. The molecule has 19 heavy (non-hydrogen) atoms. The van der Waals surface area contributed by atoms with Gasteiger partial charge >= 0.3 is 0 Å². The summed E-state index contributed by atoms with van der Waals surface area (Å²) in [6.45, 7) is 4.22. The van der Waals surface area contributed by atoms with Crippen LogP contribution in [0.1, 0.15) is 37.4 Å². The van der Waals surface area contributed by atoms with Crippen LogP contribution >= 0.6 is 0 Å². The quantitative estimate of drug-likeness (QED) is 0.856. The molecule has 2 aromatic carbocycles. The molecule has 2 rings (SSSR count). The van der Waals surface area contributed by atoms with Gasteiger partial charge in [-0.25, -0.2) is 0 Å². The van der Waals surface area contributed by atoms with Crippen LogP contribution in [0.3, 0.4) is 0 Å². The van der Waals surface area contributed by atoms with E-state index in [4.69, 9.17) is 10.5 Å². The van der Waals surface area contributed by atoms with Gasteiger partial charge in [0.2, 0.25) is 0 Å². The van der Waals surface area contributed by atoms with Gasteiger partial charge in [-0.1, -0.05) is 50.2 Å². The van der Waals surface area contributed by atoms with Gasteiger partial charge < -0.3 is 10.5 Å². The Hall–Kier alpha value is -1.80. The van der Waals surface area contributed by atoms with E-state index in [1.165, 1.54) is 5.56 Å². The molecule has 2 N–H and O–H groups in total. The molecule has 0 amide bonds. The maximum Gasteiger partial charge on any atom is 0.132 e. The summed E-state index contributed by atoms with van der Waals surface area (Å²) in [6.07, 6.45) is 1.86. The number of hydrogen-bond acceptors (Lipinski definition) is 2. The lowest BCUT2D eigenvalue weighted by atomic mass is 10.0. The lowest BCUT2D eigenvalue weighted by Crippen LogP contribution is -2.09. The third-order valence-electron chi connectivity index (χ3n) is 3.33. The highest BCUT2D eigenvalue weighted by atomic mass is 16.5. The zero-order valence-corrected chi connectivity index (χ0v) is 11.6. The number of benzene rings is 2. The minimum Gasteiger partial charge on any atom is -0.457 e. The van der Waals surface area contributed by atoms with Crippen LogP contribution < -0.4 is 10.5 Å². The zero-order valence-electron chi connectivity index (χ0n) is 11.6. The number of para-hydroxylation sites is 2. The van der Waals surface area contributed by atoms with Gasteiger partial charge in [0.05, 0.1) is 0 Å². The lowest BCUT2D eigenvalue weighted by Gasteiger charge is -2.16. The average Bonchev–Trinajstić information content (AvgIpc) is 2.47. The first kappa shape index (κ1) is 13.6. The van der Waals surface area contributed by atoms with E-state index in [0.29, 0.717) is 0 Å². The van der Waals surface area contributed by atoms with Gasteiger partial charge in [-0.3, -0.25) is 0 Å². The fourth-order valence-electron chi connectivity index (χ4n) is 2.11. The van der Waals surface area contributed by atoms with Crippen molar-refractivity contribution < 1.29 is 4.74 Å². The van der Waals surface area contributed by atoms with E-state index in [-0.39, 0.29) is 6.04 Å². The lowest BCUT2D eigenvalue weighted by molar-refractivity contribution is 0.463. The van der Waals surface area contributed by atoms with Gasteiger partial charge in [0.25, 0.3) is 0 Å². The Balaban J connectivity index is 2.33. The predicted molar refractivity (Wildman–Crippen MR) is 79.6 cm³/mol. The number of hydrogen-bond donors (Lipinski definition) is 1. The molecule has 2 nitrogen and oxygen atoms in total. The molecule has 0 unspecified atom stereocenters. The molecular formula is C17H21NO. The van der Waals surface area contributed by atoms with Crippen LogP contribution in [0.15, 0.2) is 48.5 Å². The smallest absolute Gasteiger partial charge is 0.132 e. The van der Waals surface area contributed by atoms with Gasteiger partial charge in [0.15, 0.2) is 0 Å². The van der Waals surface area contributed by atoms with Crippen LogP contribution in [0.5, 0.6) is 11.5 Å². The van der Waals surface area contributed by atoms with E-state index in [1.807, 2.05) is 42.5 Å². The van der Waals surface area contributed by atoms with Crippen LogP contribution in [0.2, 0.25) is 0 Å². The van der Waals surface area contributed by atoms with Crippen LogP contribution in [-0.2, 0) is 6.42 Å². The predicted octanol–water partition coefficient (Wildman–Crippen LogP) is 4.45. The van der Waals surface area contributed by atoms with Crippen molar-refractivity contribution in [3.63, 3.8) is 0 Å². The van der Waals surface area contributed by atoms with Crippen LogP contribution in [-0.4, -0.2) is 0 Å². The molecule has 0 spiro atoms. The van der Waals surface area contributed by atoms with Crippen molar-refractivity contribution in [2.24, 2.45) is 5.73 Å². The Morgan fingerprint density at radius 2 is 1.58 bits per heavy atom. The van der Waals surface area contributed by atoms with Crippen LogP contribution in [0.4, 0.5) is 0 Å². The molecule has 100 valence electrons. The van der Waals surface area contributed by atoms with Crippen molar-refractivity contribution in [3.05, 3.63) is 59.7 Å². The molecule has 0 aliphatic rings. The Morgan fingerprint density at radius 3 is 2.26 bits per heavy atom. The Bertz CT molecular complexity index is 536. The molecule has 0 saturated carbocycles. The van der Waals surface area contributed by atoms with E-state index in [0.717, 1.165) is 29.9 Å². The first-order valence-electron chi connectivity index (χ1n) is 6.86. The Kier molecular flexibility index (Phi) is 4.58. The van der Waals surface area contributed by atoms with E-state index in [1.54, 1.807) is 0 Å². The third-order valence-corrected chi connectivity index (χ3v) is 3.33. The number of aryl methyl sites for hydroxylation is 1. The SMILES string of the molecule is CCc1ccccc1Oc1ccccc1[C@H](N)CC. The van der Waals surface area contributed by atoms with Crippen LogP contribution in [0.25, 0.3) is 0 Å². The first-order valence-corrected chi connectivity index (χ1v) is 6.86. The second kappa shape index (κ2) is 6.39. The van der Waals surface area contributed by atoms with Crippen molar-refractivity contribution in [1.82, 2.24) is 0 Å². The fraction of sp³-hybridized carbons (Fsp3) is 0.294. The molecular weight excluding hydrogens is 234 g/mol. The summed E-state index contributed by atoms with van der Waals surface area (Å²) in [5.41, 5.74) is 8.42. The fourth-order valence-corrected chi connectivity index (χ4v) is 2.11. The Labute approximate surface area is 115 Å². The van der Waals surface area contributed by atoms with Crippen molar-refractivity contribution in [2.45, 2.75) is 32.7 Å². The topological polar surface area (TPSA) is 35.2 Å². The van der Waals surface area contributed by atoms with Crippen LogP contribution in [0, 0.1) is 0 Å². The van der Waals surface area contributed by atoms with E-state index >= 15 is 0 Å². The second-order valence-electron chi connectivity index (χ2n) is 4.62. The van der Waals surface area contributed by atoms with Gasteiger partial charge in [0.1, 0.15) is 11.5 Å². The van der Waals surface area contributed by atoms with Gasteiger partial charge in [-0.05, 0) is 30.5 Å². The van der Waals surface area contributed by atoms with Crippen molar-refractivity contribution in [3.8, 4) is 11.5 Å². The largest absolute Gasteiger partial charge is 0.457 e. The first-order chi connectivity index (χ1) is 9.26. The highest BCUT2D eigenvalue weighted by molar-refractivity contribution is 5.42. The summed E-state index contributed by atoms with van der Waals surface area (Å²) in [5.74, 6) is 1.78. The zero-order chi connectivity index (χ0) is 13.7. The summed E-state index contributed by atoms with van der Waals surface area (Å²) < 4.78 is 6.07. The maximum atomic E-state index is 6.14. The monoisotopic (exact) mass is 255 g/mol. The van der Waals surface area contributed by atoms with E-state index in [2.05, 4.69) is 19.9 Å². The van der Waals surface area contributed by atoms with Crippen molar-refractivity contribution in [1.29, 1.82) is 0 Å². The second-order valence-corrected chi connectivity index (χ2v) is 4.62. The van der Waals surface area contributed by atoms with Crippen molar-refractivity contribution >= 4 is 0 Å². The minimum atomic E-state index is 0.0185. The van der Waals surface area contributed by atoms with Gasteiger partial charge in [0, 0.05) is 11.6 Å². The minimum absolute atomic E-state index is 0.0185. The number of rotatable bonds is 5. The summed E-state index contributed by atoms with van der Waals surface area (Å²) in [5, 5.41) is 0. The molecule has 2 aromatic rings. The summed E-state index contributed by atoms with van der Waals surface area (Å²) in [6, 6.07) is 16.2. The normalized spacial score (nSPS) is 12.2. The van der Waals surface area contributed by atoms with E-state index < -0.39 is 0 Å². The molecule has 0 aliphatic heterocycles. The highest BCUT2D eigenvalue weighted by Crippen LogP contribution is 2.31. The van der Waals surface area contributed by atoms with Crippen molar-refractivity contribution in [2.75, 3.05) is 0 Å². The molecule has 0 fully saturated rings. The molecule has 0 bridgehead atoms. The standard InChI is InChI=1S/C17H21NO/c1-3-13-9-5-7-11-16(13)19-17-12-8-6-10-14(17)15(18)4-2/h5-12,15H,3-4,18H2,1-2H3/t15-/m1/s1. The average molecular weight is 255 g/mol. The molecule has 1 atom stereocenters. The molecule has 2 heteroatoms. The Morgan fingerprint density at radius 1 is 0.947 bits per heavy atom.